The summed E-state index contributed by atoms with van der Waals surface area (Å²) in [5, 5.41) is 8.34. The minimum atomic E-state index is -4.37. The Kier molecular flexibility index (Phi) is 2.14. The van der Waals surface area contributed by atoms with Crippen molar-refractivity contribution in [1.29, 1.82) is 0 Å². The lowest BCUT2D eigenvalue weighted by Gasteiger charge is -1.90. The van der Waals surface area contributed by atoms with Crippen LogP contribution >= 0.6 is 0 Å². The van der Waals surface area contributed by atoms with Crippen LogP contribution in [-0.4, -0.2) is 16.8 Å². The molecule has 0 aromatic carbocycles. The number of rotatable bonds is 2. The highest BCUT2D eigenvalue weighted by atomic mass is 32.3. The van der Waals surface area contributed by atoms with Crippen molar-refractivity contribution in [1.82, 2.24) is 4.13 Å². The van der Waals surface area contributed by atoms with E-state index in [2.05, 4.69) is 10.3 Å². The first-order valence-electron chi connectivity index (χ1n) is 1.50. The van der Waals surface area contributed by atoms with E-state index in [-0.39, 0.29) is 0 Å². The molecule has 0 aliphatic carbocycles. The number of hydrogen-bond donors (Lipinski definition) is 2. The van der Waals surface area contributed by atoms with Gasteiger partial charge in [0, 0.05) is 4.13 Å². The summed E-state index contributed by atoms with van der Waals surface area (Å²) in [5.74, 6) is 0. The van der Waals surface area contributed by atoms with E-state index in [0.717, 1.165) is 0 Å². The molecule has 0 spiro atoms. The minimum Gasteiger partial charge on any atom is -0.214 e. The molecule has 0 atom stereocenters. The molecule has 9 heavy (non-hydrogen) atoms. The third kappa shape index (κ3) is 7.78. The molecule has 0 bridgehead atoms. The van der Waals surface area contributed by atoms with Crippen LogP contribution in [0.5, 0.6) is 0 Å². The van der Waals surface area contributed by atoms with Gasteiger partial charge in [0.2, 0.25) is 0 Å². The van der Waals surface area contributed by atoms with Gasteiger partial charge in [0.1, 0.15) is 0 Å². The Labute approximate surface area is 52.4 Å². The van der Waals surface area contributed by atoms with E-state index >= 15 is 0 Å². The summed E-state index contributed by atoms with van der Waals surface area (Å²) in [6.45, 7) is 0. The molecular weight excluding hydrogens is 170 g/mol. The SMILES string of the molecule is NS(=O)(=O)[N]S(N)(=O)=O. The topological polar surface area (TPSA) is 134 Å². The Morgan fingerprint density at radius 3 is 1.11 bits per heavy atom. The Bertz CT molecular complexity index is 239. The summed E-state index contributed by atoms with van der Waals surface area (Å²) < 4.78 is 41.2. The number of nitrogens with zero attached hydrogens (tertiary/aromatic N) is 1. The van der Waals surface area contributed by atoms with Gasteiger partial charge in [0.25, 0.3) is 0 Å². The van der Waals surface area contributed by atoms with Crippen molar-refractivity contribution < 1.29 is 16.8 Å². The van der Waals surface area contributed by atoms with Crippen molar-refractivity contribution in [3.63, 3.8) is 0 Å². The lowest BCUT2D eigenvalue weighted by molar-refractivity contribution is 0.578. The quantitative estimate of drug-likeness (QED) is 0.461. The van der Waals surface area contributed by atoms with Gasteiger partial charge >= 0.3 is 20.4 Å². The van der Waals surface area contributed by atoms with Crippen molar-refractivity contribution in [2.24, 2.45) is 10.3 Å². The summed E-state index contributed by atoms with van der Waals surface area (Å²) in [6, 6.07) is 0. The van der Waals surface area contributed by atoms with E-state index in [4.69, 9.17) is 0 Å². The molecule has 0 aromatic rings. The van der Waals surface area contributed by atoms with Crippen LogP contribution in [0, 0.1) is 0 Å². The van der Waals surface area contributed by atoms with Crippen LogP contribution in [0.4, 0.5) is 0 Å². The van der Waals surface area contributed by atoms with Gasteiger partial charge in [-0.1, -0.05) is 0 Å². The van der Waals surface area contributed by atoms with Gasteiger partial charge in [-0.15, -0.1) is 0 Å². The zero-order chi connectivity index (χ0) is 7.71. The molecule has 7 nitrogen and oxygen atoms in total. The van der Waals surface area contributed by atoms with E-state index in [9.17, 15) is 16.8 Å². The molecule has 0 aliphatic rings. The monoisotopic (exact) mass is 174 g/mol. The van der Waals surface area contributed by atoms with Crippen molar-refractivity contribution >= 4 is 20.4 Å². The van der Waals surface area contributed by atoms with E-state index in [1.54, 1.807) is 0 Å². The highest BCUT2D eigenvalue weighted by Gasteiger charge is 2.13. The smallest absolute Gasteiger partial charge is 0.214 e. The largest absolute Gasteiger partial charge is 0.306 e. The van der Waals surface area contributed by atoms with Gasteiger partial charge in [-0.3, -0.25) is 0 Å². The highest BCUT2D eigenvalue weighted by molar-refractivity contribution is 8.02. The van der Waals surface area contributed by atoms with Crippen LogP contribution < -0.4 is 14.4 Å². The minimum absolute atomic E-state index is 2.04. The van der Waals surface area contributed by atoms with Crippen LogP contribution in [0.25, 0.3) is 0 Å². The van der Waals surface area contributed by atoms with Crippen LogP contribution in [0.1, 0.15) is 0 Å². The van der Waals surface area contributed by atoms with Crippen LogP contribution in [0.2, 0.25) is 0 Å². The molecule has 0 unspecified atom stereocenters. The lowest BCUT2D eigenvalue weighted by Crippen LogP contribution is -2.34. The molecule has 0 heterocycles. The molecule has 0 amide bonds. The van der Waals surface area contributed by atoms with Gasteiger partial charge in [0.05, 0.1) is 0 Å². The van der Waals surface area contributed by atoms with Gasteiger partial charge in [0.15, 0.2) is 0 Å². The molecule has 1 radical (unpaired) electrons. The zero-order valence-electron chi connectivity index (χ0n) is 4.05. The maximum atomic E-state index is 9.80. The van der Waals surface area contributed by atoms with E-state index in [1.807, 2.05) is 4.13 Å². The predicted octanol–water partition coefficient (Wildman–Crippen LogP) is -3.00. The van der Waals surface area contributed by atoms with Crippen molar-refractivity contribution in [3.8, 4) is 0 Å². The Morgan fingerprint density at radius 2 is 1.11 bits per heavy atom. The van der Waals surface area contributed by atoms with Crippen molar-refractivity contribution in [3.05, 3.63) is 0 Å². The molecule has 4 N–H and O–H groups in total. The van der Waals surface area contributed by atoms with E-state index in [0.29, 0.717) is 0 Å². The van der Waals surface area contributed by atoms with Gasteiger partial charge < -0.3 is 0 Å². The molecule has 0 saturated heterocycles. The average Bonchev–Trinajstić information content (AvgIpc) is 1.14. The standard InChI is InChI=1S/H4N3O4S2/c1-8(4,5)3-9(2,6)7/h(H2,1,4,5)(H2,2,6,7). The molecule has 0 fully saturated rings. The van der Waals surface area contributed by atoms with Gasteiger partial charge in [-0.2, -0.15) is 16.8 Å². The molecule has 0 rings (SSSR count). The second-order valence-corrected chi connectivity index (χ2v) is 3.76. The molecule has 0 aromatic heterocycles. The van der Waals surface area contributed by atoms with Crippen LogP contribution in [0.3, 0.4) is 0 Å². The van der Waals surface area contributed by atoms with Crippen LogP contribution in [0.15, 0.2) is 0 Å². The second-order valence-electron chi connectivity index (χ2n) is 1.10. The molecule has 55 valence electrons. The fourth-order valence-corrected chi connectivity index (χ4v) is 1.30. The Balaban J connectivity index is 4.46. The average molecular weight is 174 g/mol. The molecule has 0 saturated carbocycles. The summed E-state index contributed by atoms with van der Waals surface area (Å²) >= 11 is 0. The first-order chi connectivity index (χ1) is 3.71. The third-order valence-electron chi connectivity index (χ3n) is 0.208. The first-order valence-corrected chi connectivity index (χ1v) is 4.51. The maximum absolute atomic E-state index is 9.80. The summed E-state index contributed by atoms with van der Waals surface area (Å²) in [5.41, 5.74) is 0. The maximum Gasteiger partial charge on any atom is 0.306 e. The summed E-state index contributed by atoms with van der Waals surface area (Å²) in [6.07, 6.45) is 0. The lowest BCUT2D eigenvalue weighted by atomic mass is 13.8. The van der Waals surface area contributed by atoms with Crippen molar-refractivity contribution in [2.45, 2.75) is 0 Å². The first kappa shape index (κ1) is 8.78. The molecular formula is H4N3O4S2. The molecule has 0 aliphatic heterocycles. The normalized spacial score (nSPS) is 13.6. The fraction of sp³-hybridized carbons (Fsp3) is 0. The van der Waals surface area contributed by atoms with Gasteiger partial charge in [-0.25, -0.2) is 10.3 Å². The Hall–Kier alpha value is -0.220. The Morgan fingerprint density at radius 1 is 0.889 bits per heavy atom. The summed E-state index contributed by atoms with van der Waals surface area (Å²) in [4.78, 5) is 0. The zero-order valence-corrected chi connectivity index (χ0v) is 5.68. The van der Waals surface area contributed by atoms with E-state index in [1.165, 1.54) is 0 Å². The second kappa shape index (κ2) is 2.19. The van der Waals surface area contributed by atoms with Crippen molar-refractivity contribution in [2.75, 3.05) is 0 Å². The van der Waals surface area contributed by atoms with Crippen LogP contribution in [-0.2, 0) is 20.4 Å². The predicted molar refractivity (Wildman–Crippen MR) is 28.3 cm³/mol. The third-order valence-corrected chi connectivity index (χ3v) is 1.87. The fourth-order valence-electron chi connectivity index (χ4n) is 0.145. The van der Waals surface area contributed by atoms with E-state index < -0.39 is 20.4 Å². The van der Waals surface area contributed by atoms with Gasteiger partial charge in [-0.05, 0) is 0 Å². The molecule has 9 heteroatoms. The number of nitrogens with two attached hydrogens (primary N) is 2. The summed E-state index contributed by atoms with van der Waals surface area (Å²) in [7, 11) is -8.74. The highest BCUT2D eigenvalue weighted by Crippen LogP contribution is 1.75. The number of hydrogen-bond acceptors (Lipinski definition) is 4.